The molecule has 1 heterocycles. The third-order valence-electron chi connectivity index (χ3n) is 4.19. The van der Waals surface area contributed by atoms with Gasteiger partial charge in [0.2, 0.25) is 5.91 Å². The number of unbranched alkanes of at least 4 members (excludes halogenated alkanes) is 1. The van der Waals surface area contributed by atoms with Crippen LogP contribution in [0.2, 0.25) is 0 Å². The minimum atomic E-state index is -2.81. The molecule has 1 fully saturated rings. The van der Waals surface area contributed by atoms with Gasteiger partial charge in [-0.25, -0.2) is 0 Å². The normalized spacial score (nSPS) is 19.4. The topological polar surface area (TPSA) is 32.8 Å². The third-order valence-corrected chi connectivity index (χ3v) is 4.19. The van der Waals surface area contributed by atoms with Crippen LogP contribution >= 0.6 is 0 Å². The summed E-state index contributed by atoms with van der Waals surface area (Å²) in [6, 6.07) is 6.54. The van der Waals surface area contributed by atoms with Gasteiger partial charge >= 0.3 is 6.61 Å². The van der Waals surface area contributed by atoms with Crippen LogP contribution in [0.3, 0.4) is 0 Å². The zero-order valence-electron chi connectivity index (χ0n) is 13.7. The summed E-state index contributed by atoms with van der Waals surface area (Å²) in [4.78, 5) is 16.4. The minimum Gasteiger partial charge on any atom is -0.435 e. The van der Waals surface area contributed by atoms with Crippen molar-refractivity contribution >= 4 is 5.91 Å². The van der Waals surface area contributed by atoms with Gasteiger partial charge in [-0.2, -0.15) is 8.78 Å². The molecule has 1 saturated heterocycles. The van der Waals surface area contributed by atoms with Gasteiger partial charge in [0.15, 0.2) is 0 Å². The van der Waals surface area contributed by atoms with Crippen molar-refractivity contribution in [1.29, 1.82) is 0 Å². The maximum absolute atomic E-state index is 12.4. The number of carbonyl (C=O) groups excluding carboxylic acids is 1. The molecule has 1 aromatic rings. The first-order valence-electron chi connectivity index (χ1n) is 8.04. The number of hydrogen-bond acceptors (Lipinski definition) is 3. The van der Waals surface area contributed by atoms with Crippen molar-refractivity contribution in [3.8, 4) is 5.75 Å². The molecule has 1 amide bonds. The number of benzene rings is 1. The molecule has 6 heteroatoms. The average molecular weight is 326 g/mol. The Morgan fingerprint density at radius 2 is 1.96 bits per heavy atom. The molecule has 1 aromatic carbocycles. The lowest BCUT2D eigenvalue weighted by atomic mass is 10.0. The minimum absolute atomic E-state index is 0.0920. The number of piperazine rings is 1. The molecule has 0 spiro atoms. The molecule has 0 aromatic heterocycles. The molecule has 1 aliphatic heterocycles. The molecular weight excluding hydrogens is 302 g/mol. The maximum atomic E-state index is 12.4. The Bertz CT molecular complexity index is 508. The number of likely N-dealkylation sites (N-methyl/N-ethyl adjacent to an activating group) is 1. The van der Waals surface area contributed by atoms with E-state index >= 15 is 0 Å². The van der Waals surface area contributed by atoms with Crippen molar-refractivity contribution in [2.45, 2.75) is 45.4 Å². The van der Waals surface area contributed by atoms with Crippen LogP contribution in [-0.2, 0) is 11.3 Å². The lowest BCUT2D eigenvalue weighted by Gasteiger charge is -2.39. The fraction of sp³-hybridized carbons (Fsp3) is 0.588. The molecule has 2 rings (SSSR count). The second-order valence-electron chi connectivity index (χ2n) is 5.91. The summed E-state index contributed by atoms with van der Waals surface area (Å²) in [6.07, 6.45) is 2.93. The number of ether oxygens (including phenoxy) is 1. The van der Waals surface area contributed by atoms with E-state index in [0.717, 1.165) is 31.4 Å². The van der Waals surface area contributed by atoms with Crippen molar-refractivity contribution in [1.82, 2.24) is 9.80 Å². The van der Waals surface area contributed by atoms with E-state index in [1.165, 1.54) is 0 Å². The van der Waals surface area contributed by atoms with Gasteiger partial charge < -0.3 is 9.64 Å². The SMILES string of the molecule is CCCCC1C(=O)N(C)CCN1Cc1ccc(OC(F)F)cc1. The predicted octanol–water partition coefficient (Wildman–Crippen LogP) is 3.12. The molecular formula is C17H24F2N2O2. The number of hydrogen-bond donors (Lipinski definition) is 0. The lowest BCUT2D eigenvalue weighted by molar-refractivity contribution is -0.140. The molecule has 0 N–H and O–H groups in total. The Balaban J connectivity index is 2.02. The van der Waals surface area contributed by atoms with Crippen LogP contribution in [0.15, 0.2) is 24.3 Å². The van der Waals surface area contributed by atoms with Gasteiger partial charge in [-0.1, -0.05) is 31.9 Å². The second kappa shape index (κ2) is 8.24. The first-order chi connectivity index (χ1) is 11.0. The first-order valence-corrected chi connectivity index (χ1v) is 8.04. The number of amides is 1. The molecule has 0 aliphatic carbocycles. The summed E-state index contributed by atoms with van der Waals surface area (Å²) in [5.74, 6) is 0.322. The highest BCUT2D eigenvalue weighted by atomic mass is 19.3. The average Bonchev–Trinajstić information content (AvgIpc) is 2.52. The molecule has 0 bridgehead atoms. The van der Waals surface area contributed by atoms with Gasteiger partial charge in [0.05, 0.1) is 6.04 Å². The van der Waals surface area contributed by atoms with Gasteiger partial charge in [0, 0.05) is 26.7 Å². The van der Waals surface area contributed by atoms with Gasteiger partial charge in [-0.05, 0) is 24.1 Å². The first kappa shape index (κ1) is 17.7. The summed E-state index contributed by atoms with van der Waals surface area (Å²) in [7, 11) is 1.84. The van der Waals surface area contributed by atoms with Crippen molar-refractivity contribution in [3.63, 3.8) is 0 Å². The van der Waals surface area contributed by atoms with Crippen molar-refractivity contribution in [2.75, 3.05) is 20.1 Å². The van der Waals surface area contributed by atoms with Crippen LogP contribution in [0.5, 0.6) is 5.75 Å². The number of alkyl halides is 2. The van der Waals surface area contributed by atoms with E-state index in [-0.39, 0.29) is 17.7 Å². The molecule has 4 nitrogen and oxygen atoms in total. The summed E-state index contributed by atoms with van der Waals surface area (Å²) >= 11 is 0. The van der Waals surface area contributed by atoms with Crippen molar-refractivity contribution < 1.29 is 18.3 Å². The zero-order valence-corrected chi connectivity index (χ0v) is 13.7. The summed E-state index contributed by atoms with van der Waals surface area (Å²) in [6.45, 7) is 1.49. The van der Waals surface area contributed by atoms with Crippen molar-refractivity contribution in [3.05, 3.63) is 29.8 Å². The Morgan fingerprint density at radius 3 is 2.57 bits per heavy atom. The van der Waals surface area contributed by atoms with Crippen LogP contribution in [-0.4, -0.2) is 48.5 Å². The van der Waals surface area contributed by atoms with Crippen LogP contribution in [0.25, 0.3) is 0 Å². The molecule has 0 radical (unpaired) electrons. The Labute approximate surface area is 136 Å². The highest BCUT2D eigenvalue weighted by Crippen LogP contribution is 2.21. The largest absolute Gasteiger partial charge is 0.435 e. The van der Waals surface area contributed by atoms with E-state index in [1.54, 1.807) is 29.2 Å². The van der Waals surface area contributed by atoms with Crippen LogP contribution in [0.4, 0.5) is 8.78 Å². The second-order valence-corrected chi connectivity index (χ2v) is 5.91. The van der Waals surface area contributed by atoms with E-state index in [1.807, 2.05) is 7.05 Å². The number of rotatable bonds is 7. The van der Waals surface area contributed by atoms with Gasteiger partial charge in [0.1, 0.15) is 5.75 Å². The number of carbonyl (C=O) groups is 1. The highest BCUT2D eigenvalue weighted by molar-refractivity contribution is 5.82. The Hall–Kier alpha value is -1.69. The quantitative estimate of drug-likeness (QED) is 0.772. The van der Waals surface area contributed by atoms with Gasteiger partial charge in [0.25, 0.3) is 0 Å². The third kappa shape index (κ3) is 4.89. The fourth-order valence-electron chi connectivity index (χ4n) is 2.86. The van der Waals surface area contributed by atoms with Crippen LogP contribution < -0.4 is 4.74 Å². The fourth-order valence-corrected chi connectivity index (χ4v) is 2.86. The standard InChI is InChI=1S/C17H24F2N2O2/c1-3-4-5-15-16(22)20(2)10-11-21(15)12-13-6-8-14(9-7-13)23-17(18)19/h6-9,15,17H,3-5,10-12H2,1-2H3. The molecule has 0 saturated carbocycles. The van der Waals surface area contributed by atoms with E-state index in [2.05, 4.69) is 16.6 Å². The van der Waals surface area contributed by atoms with E-state index in [0.29, 0.717) is 13.1 Å². The highest BCUT2D eigenvalue weighted by Gasteiger charge is 2.32. The number of nitrogens with zero attached hydrogens (tertiary/aromatic N) is 2. The number of halogens is 2. The Morgan fingerprint density at radius 1 is 1.26 bits per heavy atom. The van der Waals surface area contributed by atoms with E-state index in [4.69, 9.17) is 0 Å². The summed E-state index contributed by atoms with van der Waals surface area (Å²) < 4.78 is 28.7. The maximum Gasteiger partial charge on any atom is 0.387 e. The molecule has 23 heavy (non-hydrogen) atoms. The zero-order chi connectivity index (χ0) is 16.8. The van der Waals surface area contributed by atoms with E-state index in [9.17, 15) is 13.6 Å². The van der Waals surface area contributed by atoms with Gasteiger partial charge in [-0.15, -0.1) is 0 Å². The summed E-state index contributed by atoms with van der Waals surface area (Å²) in [5, 5.41) is 0. The smallest absolute Gasteiger partial charge is 0.387 e. The van der Waals surface area contributed by atoms with Crippen LogP contribution in [0, 0.1) is 0 Å². The van der Waals surface area contributed by atoms with E-state index < -0.39 is 6.61 Å². The molecule has 128 valence electrons. The lowest BCUT2D eigenvalue weighted by Crippen LogP contribution is -2.55. The van der Waals surface area contributed by atoms with Gasteiger partial charge in [-0.3, -0.25) is 9.69 Å². The molecule has 1 atom stereocenters. The Kier molecular flexibility index (Phi) is 6.33. The summed E-state index contributed by atoms with van der Waals surface area (Å²) in [5.41, 5.74) is 0.991. The predicted molar refractivity (Wildman–Crippen MR) is 84.4 cm³/mol. The van der Waals surface area contributed by atoms with Crippen LogP contribution in [0.1, 0.15) is 31.7 Å². The molecule has 1 unspecified atom stereocenters. The molecule has 1 aliphatic rings. The monoisotopic (exact) mass is 326 g/mol. The van der Waals surface area contributed by atoms with Crippen molar-refractivity contribution in [2.24, 2.45) is 0 Å².